The number of allylic oxidation sites excluding steroid dienone is 1. The molecule has 7 heteroatoms. The molecule has 0 saturated heterocycles. The number of para-hydroxylation sites is 1. The third kappa shape index (κ3) is 5.23. The first-order valence-electron chi connectivity index (χ1n) is 15.4. The molecule has 1 unspecified atom stereocenters. The molecule has 45 heavy (non-hydrogen) atoms. The summed E-state index contributed by atoms with van der Waals surface area (Å²) in [5.74, 6) is 2.54. The molecule has 1 aliphatic rings. The van der Waals surface area contributed by atoms with Crippen LogP contribution < -0.4 is 4.74 Å². The highest BCUT2D eigenvalue weighted by atomic mass is 32.2. The van der Waals surface area contributed by atoms with E-state index in [0.717, 1.165) is 44.5 Å². The van der Waals surface area contributed by atoms with Gasteiger partial charge in [0.2, 0.25) is 0 Å². The Balaban J connectivity index is 1.27. The molecule has 0 N–H and O–H groups in total. The molecule has 0 amide bonds. The third-order valence-electron chi connectivity index (χ3n) is 9.17. The van der Waals surface area contributed by atoms with Crippen LogP contribution >= 0.6 is 11.8 Å². The van der Waals surface area contributed by atoms with Gasteiger partial charge in [-0.1, -0.05) is 36.8 Å². The van der Waals surface area contributed by atoms with Crippen molar-refractivity contribution in [2.75, 3.05) is 6.26 Å². The molecule has 0 radical (unpaired) electrons. The Kier molecular flexibility index (Phi) is 7.52. The lowest BCUT2D eigenvalue weighted by Gasteiger charge is -2.33. The van der Waals surface area contributed by atoms with E-state index >= 15 is 0 Å². The lowest BCUT2D eigenvalue weighted by atomic mass is 9.75. The lowest BCUT2D eigenvalue weighted by molar-refractivity contribution is 0.453. The van der Waals surface area contributed by atoms with Gasteiger partial charge in [-0.25, -0.2) is 14.1 Å². The number of hydrogen-bond acceptors (Lipinski definition) is 4. The minimum Gasteiger partial charge on any atom is -0.457 e. The second-order valence-electron chi connectivity index (χ2n) is 12.3. The lowest BCUT2D eigenvalue weighted by Crippen LogP contribution is -2.22. The first-order chi connectivity index (χ1) is 21.7. The van der Waals surface area contributed by atoms with E-state index < -0.39 is 0 Å². The third-order valence-corrected chi connectivity index (χ3v) is 10.1. The second kappa shape index (κ2) is 11.5. The van der Waals surface area contributed by atoms with E-state index in [4.69, 9.17) is 9.84 Å². The van der Waals surface area contributed by atoms with Gasteiger partial charge in [0.1, 0.15) is 23.1 Å². The summed E-state index contributed by atoms with van der Waals surface area (Å²) in [6.45, 7) is 11.1. The molecular weight excluding hydrogens is 580 g/mol. The summed E-state index contributed by atoms with van der Waals surface area (Å²) >= 11 is 1.94. The van der Waals surface area contributed by atoms with Gasteiger partial charge in [-0.2, -0.15) is 16.9 Å². The maximum atomic E-state index is 14.3. The largest absolute Gasteiger partial charge is 0.457 e. The number of nitrogens with zero attached hydrogens (tertiary/aromatic N) is 4. The van der Waals surface area contributed by atoms with E-state index in [9.17, 15) is 4.39 Å². The molecule has 3 aromatic carbocycles. The molecule has 1 aliphatic carbocycles. The van der Waals surface area contributed by atoms with E-state index in [1.165, 1.54) is 41.6 Å². The van der Waals surface area contributed by atoms with Gasteiger partial charge in [0, 0.05) is 57.6 Å². The van der Waals surface area contributed by atoms with E-state index in [1.807, 2.05) is 52.7 Å². The van der Waals surface area contributed by atoms with Crippen molar-refractivity contribution < 1.29 is 9.13 Å². The zero-order valence-corrected chi connectivity index (χ0v) is 27.3. The summed E-state index contributed by atoms with van der Waals surface area (Å²) in [6.07, 6.45) is 7.32. The van der Waals surface area contributed by atoms with Crippen LogP contribution in [0.3, 0.4) is 0 Å². The van der Waals surface area contributed by atoms with Gasteiger partial charge >= 0.3 is 0 Å². The molecule has 3 atom stereocenters. The Bertz CT molecular complexity index is 2110. The predicted octanol–water partition coefficient (Wildman–Crippen LogP) is 10.0. The zero-order valence-electron chi connectivity index (χ0n) is 26.5. The smallest absolute Gasteiger partial charge is 0.140 e. The van der Waals surface area contributed by atoms with Crippen LogP contribution in [0.5, 0.6) is 11.5 Å². The van der Waals surface area contributed by atoms with Crippen LogP contribution in [0.25, 0.3) is 33.3 Å². The van der Waals surface area contributed by atoms with Crippen molar-refractivity contribution in [1.29, 1.82) is 0 Å². The minimum absolute atomic E-state index is 0.328. The molecule has 3 aromatic heterocycles. The van der Waals surface area contributed by atoms with E-state index in [-0.39, 0.29) is 5.82 Å². The SMILES string of the molecule is CSC1C=C(C)[C@@H](c2c(C)nn(-c3cc(C)cc(Oc4ccc5c6ccccc6n(-c6cc(F)ccn6)c5c4)c3)c2C)[C@@H](C)C1. The average molecular weight is 617 g/mol. The average Bonchev–Trinajstić information content (AvgIpc) is 3.49. The Labute approximate surface area is 267 Å². The summed E-state index contributed by atoms with van der Waals surface area (Å²) < 4.78 is 24.9. The van der Waals surface area contributed by atoms with E-state index in [0.29, 0.717) is 28.7 Å². The number of aromatic nitrogens is 4. The van der Waals surface area contributed by atoms with Crippen LogP contribution in [-0.2, 0) is 0 Å². The number of halogens is 1. The molecule has 0 bridgehead atoms. The molecule has 3 heterocycles. The fourth-order valence-electron chi connectivity index (χ4n) is 7.27. The first kappa shape index (κ1) is 29.4. The molecule has 0 spiro atoms. The number of benzene rings is 3. The quantitative estimate of drug-likeness (QED) is 0.175. The van der Waals surface area contributed by atoms with Gasteiger partial charge in [0.25, 0.3) is 0 Å². The number of pyridine rings is 1. The predicted molar refractivity (Wildman–Crippen MR) is 184 cm³/mol. The van der Waals surface area contributed by atoms with Gasteiger partial charge < -0.3 is 4.74 Å². The molecule has 5 nitrogen and oxygen atoms in total. The normalized spacial score (nSPS) is 18.5. The Morgan fingerprint density at radius 3 is 2.47 bits per heavy atom. The number of ether oxygens (including phenoxy) is 1. The number of thioether (sulfide) groups is 1. The van der Waals surface area contributed by atoms with Crippen LogP contribution in [0.15, 0.2) is 90.6 Å². The standard InChI is InChI=1S/C38H37FN4OS/c1-22-15-28(43-26(5)38(25(4)41-43)37-23(2)17-31(45-6)18-24(37)3)20-30(16-22)44-29-11-12-33-32-9-7-8-10-34(32)42(35(33)21-29)36-19-27(39)13-14-40-36/h7-17,19-21,24,31,37H,18H2,1-6H3/t24-,31?,37+/m0/s1. The van der Waals surface area contributed by atoms with Crippen molar-refractivity contribution in [2.24, 2.45) is 5.92 Å². The van der Waals surface area contributed by atoms with Crippen LogP contribution in [0.1, 0.15) is 48.7 Å². The van der Waals surface area contributed by atoms with Crippen LogP contribution in [0, 0.1) is 32.5 Å². The minimum atomic E-state index is -0.328. The van der Waals surface area contributed by atoms with Gasteiger partial charge in [0.05, 0.1) is 22.4 Å². The molecule has 0 aliphatic heterocycles. The summed E-state index contributed by atoms with van der Waals surface area (Å²) in [5, 5.41) is 7.76. The van der Waals surface area contributed by atoms with Crippen molar-refractivity contribution in [2.45, 2.75) is 52.2 Å². The van der Waals surface area contributed by atoms with Gasteiger partial charge in [-0.05, 0) is 88.3 Å². The molecule has 6 aromatic rings. The van der Waals surface area contributed by atoms with Gasteiger partial charge in [0.15, 0.2) is 0 Å². The van der Waals surface area contributed by atoms with Gasteiger partial charge in [-0.3, -0.25) is 4.57 Å². The molecule has 7 rings (SSSR count). The molecule has 0 saturated carbocycles. The maximum absolute atomic E-state index is 14.3. The van der Waals surface area contributed by atoms with Crippen LogP contribution in [-0.4, -0.2) is 30.8 Å². The van der Waals surface area contributed by atoms with Crippen molar-refractivity contribution in [1.82, 2.24) is 19.3 Å². The Morgan fingerprint density at radius 2 is 1.69 bits per heavy atom. The zero-order chi connectivity index (χ0) is 31.4. The second-order valence-corrected chi connectivity index (χ2v) is 13.4. The highest BCUT2D eigenvalue weighted by Crippen LogP contribution is 2.44. The summed E-state index contributed by atoms with van der Waals surface area (Å²) in [6, 6.07) is 23.3. The topological polar surface area (TPSA) is 44.9 Å². The molecular formula is C38H37FN4OS. The number of hydrogen-bond donors (Lipinski definition) is 0. The van der Waals surface area contributed by atoms with Crippen LogP contribution in [0.2, 0.25) is 0 Å². The monoisotopic (exact) mass is 616 g/mol. The Hall–Kier alpha value is -4.36. The number of aryl methyl sites for hydroxylation is 2. The summed E-state index contributed by atoms with van der Waals surface area (Å²) in [5.41, 5.74) is 8.94. The van der Waals surface area contributed by atoms with Crippen molar-refractivity contribution in [3.05, 3.63) is 119 Å². The van der Waals surface area contributed by atoms with Gasteiger partial charge in [-0.15, -0.1) is 0 Å². The highest BCUT2D eigenvalue weighted by Gasteiger charge is 2.32. The van der Waals surface area contributed by atoms with Crippen molar-refractivity contribution in [3.8, 4) is 23.0 Å². The van der Waals surface area contributed by atoms with E-state index in [1.54, 1.807) is 0 Å². The highest BCUT2D eigenvalue weighted by molar-refractivity contribution is 7.99. The summed E-state index contributed by atoms with van der Waals surface area (Å²) in [4.78, 5) is 4.49. The van der Waals surface area contributed by atoms with Crippen molar-refractivity contribution in [3.63, 3.8) is 0 Å². The number of fused-ring (bicyclic) bond motifs is 3. The fraction of sp³-hybridized carbons (Fsp3) is 0.263. The first-order valence-corrected chi connectivity index (χ1v) is 16.7. The fourth-order valence-corrected chi connectivity index (χ4v) is 8.12. The molecule has 228 valence electrons. The van der Waals surface area contributed by atoms with Crippen molar-refractivity contribution >= 4 is 33.6 Å². The Morgan fingerprint density at radius 1 is 0.889 bits per heavy atom. The summed E-state index contributed by atoms with van der Waals surface area (Å²) in [7, 11) is 0. The number of rotatable bonds is 6. The van der Waals surface area contributed by atoms with E-state index in [2.05, 4.69) is 80.9 Å². The maximum Gasteiger partial charge on any atom is 0.140 e. The molecule has 0 fully saturated rings. The van der Waals surface area contributed by atoms with Crippen LogP contribution in [0.4, 0.5) is 4.39 Å².